The number of hydrogen-bond acceptors (Lipinski definition) is 4. The molecule has 0 aliphatic carbocycles. The Balaban J connectivity index is 1.96. The van der Waals surface area contributed by atoms with Crippen LogP contribution in [0.5, 0.6) is 11.5 Å². The molecule has 0 unspecified atom stereocenters. The monoisotopic (exact) mass is 321 g/mol. The van der Waals surface area contributed by atoms with Gasteiger partial charge in [-0.2, -0.15) is 8.78 Å². The maximum atomic E-state index is 12.3. The summed E-state index contributed by atoms with van der Waals surface area (Å²) in [4.78, 5) is 22.5. The van der Waals surface area contributed by atoms with Crippen molar-refractivity contribution >= 4 is 17.9 Å². The molecule has 2 aromatic rings. The number of hydrogen-bond donors (Lipinski definition) is 1. The van der Waals surface area contributed by atoms with Crippen LogP contribution in [0.1, 0.15) is 10.4 Å². The van der Waals surface area contributed by atoms with Gasteiger partial charge in [-0.1, -0.05) is 24.3 Å². The van der Waals surface area contributed by atoms with Crippen molar-refractivity contribution in [3.05, 3.63) is 54.1 Å². The molecule has 5 nitrogen and oxygen atoms in total. The zero-order valence-corrected chi connectivity index (χ0v) is 11.9. The lowest BCUT2D eigenvalue weighted by molar-refractivity contribution is -0.118. The van der Waals surface area contributed by atoms with E-state index in [-0.39, 0.29) is 18.0 Å². The standard InChI is InChI=1S/C16H13F2NO4/c17-16(18)23-14-7-2-1-6-13(14)19-15(21)10-22-12-5-3-4-11(8-12)9-20/h1-9,16H,10H2,(H,19,21). The van der Waals surface area contributed by atoms with Crippen LogP contribution in [0.2, 0.25) is 0 Å². The van der Waals surface area contributed by atoms with E-state index in [2.05, 4.69) is 10.1 Å². The molecular weight excluding hydrogens is 308 g/mol. The van der Waals surface area contributed by atoms with E-state index in [9.17, 15) is 18.4 Å². The maximum absolute atomic E-state index is 12.3. The van der Waals surface area contributed by atoms with Crippen molar-refractivity contribution in [3.63, 3.8) is 0 Å². The highest BCUT2D eigenvalue weighted by Crippen LogP contribution is 2.25. The fourth-order valence-electron chi connectivity index (χ4n) is 1.78. The van der Waals surface area contributed by atoms with Gasteiger partial charge >= 0.3 is 6.61 Å². The Labute approximate surface area is 130 Å². The summed E-state index contributed by atoms with van der Waals surface area (Å²) < 4.78 is 34.1. The van der Waals surface area contributed by atoms with E-state index in [0.717, 1.165) is 0 Å². The topological polar surface area (TPSA) is 64.6 Å². The minimum atomic E-state index is -2.99. The predicted octanol–water partition coefficient (Wildman–Crippen LogP) is 3.12. The van der Waals surface area contributed by atoms with Crippen LogP contribution in [-0.4, -0.2) is 25.4 Å². The maximum Gasteiger partial charge on any atom is 0.387 e. The zero-order valence-electron chi connectivity index (χ0n) is 11.9. The molecule has 0 aliphatic heterocycles. The molecule has 7 heteroatoms. The van der Waals surface area contributed by atoms with E-state index < -0.39 is 12.5 Å². The highest BCUT2D eigenvalue weighted by Gasteiger charge is 2.12. The van der Waals surface area contributed by atoms with Gasteiger partial charge in [-0.3, -0.25) is 9.59 Å². The van der Waals surface area contributed by atoms with E-state index in [1.807, 2.05) is 0 Å². The van der Waals surface area contributed by atoms with Gasteiger partial charge in [0.2, 0.25) is 0 Å². The van der Waals surface area contributed by atoms with Gasteiger partial charge in [0, 0.05) is 5.56 Å². The van der Waals surface area contributed by atoms with Crippen LogP contribution in [-0.2, 0) is 4.79 Å². The predicted molar refractivity (Wildman–Crippen MR) is 79.0 cm³/mol. The molecule has 0 fully saturated rings. The van der Waals surface area contributed by atoms with Gasteiger partial charge in [-0.15, -0.1) is 0 Å². The molecule has 0 bridgehead atoms. The Kier molecular flexibility index (Phi) is 5.62. The number of aldehydes is 1. The van der Waals surface area contributed by atoms with Gasteiger partial charge < -0.3 is 14.8 Å². The summed E-state index contributed by atoms with van der Waals surface area (Å²) in [7, 11) is 0. The fraction of sp³-hybridized carbons (Fsp3) is 0.125. The molecule has 1 amide bonds. The number of carbonyl (C=O) groups excluding carboxylic acids is 2. The molecule has 120 valence electrons. The first kappa shape index (κ1) is 16.4. The molecule has 0 saturated heterocycles. The molecule has 0 radical (unpaired) electrons. The van der Waals surface area contributed by atoms with Crippen molar-refractivity contribution in [2.75, 3.05) is 11.9 Å². The average Bonchev–Trinajstić information content (AvgIpc) is 2.54. The number of para-hydroxylation sites is 2. The summed E-state index contributed by atoms with van der Waals surface area (Å²) in [6.07, 6.45) is 0.658. The second-order valence-corrected chi connectivity index (χ2v) is 4.40. The van der Waals surface area contributed by atoms with Crippen LogP contribution in [0.4, 0.5) is 14.5 Å². The number of anilines is 1. The summed E-state index contributed by atoms with van der Waals surface area (Å²) in [5.41, 5.74) is 0.529. The molecule has 0 atom stereocenters. The van der Waals surface area contributed by atoms with Crippen molar-refractivity contribution in [2.24, 2.45) is 0 Å². The van der Waals surface area contributed by atoms with E-state index in [1.165, 1.54) is 24.3 Å². The highest BCUT2D eigenvalue weighted by atomic mass is 19.3. The molecule has 0 heterocycles. The zero-order chi connectivity index (χ0) is 16.7. The molecule has 2 aromatic carbocycles. The number of nitrogens with one attached hydrogen (secondary N) is 1. The largest absolute Gasteiger partial charge is 0.484 e. The second kappa shape index (κ2) is 7.88. The Morgan fingerprint density at radius 1 is 1.17 bits per heavy atom. The summed E-state index contributed by atoms with van der Waals surface area (Å²) in [6.45, 7) is -3.33. The van der Waals surface area contributed by atoms with Crippen molar-refractivity contribution in [1.82, 2.24) is 0 Å². The molecule has 0 saturated carbocycles. The quantitative estimate of drug-likeness (QED) is 0.796. The Hall–Kier alpha value is -2.96. The van der Waals surface area contributed by atoms with Crippen LogP contribution in [0.3, 0.4) is 0 Å². The summed E-state index contributed by atoms with van der Waals surface area (Å²) in [5, 5.41) is 2.42. The van der Waals surface area contributed by atoms with Crippen LogP contribution in [0.25, 0.3) is 0 Å². The third-order valence-corrected chi connectivity index (χ3v) is 2.74. The molecule has 0 aliphatic rings. The van der Waals surface area contributed by atoms with Crippen molar-refractivity contribution in [2.45, 2.75) is 6.61 Å². The number of ether oxygens (including phenoxy) is 2. The minimum absolute atomic E-state index is 0.114. The highest BCUT2D eigenvalue weighted by molar-refractivity contribution is 5.93. The van der Waals surface area contributed by atoms with Gasteiger partial charge in [-0.05, 0) is 24.3 Å². The molecular formula is C16H13F2NO4. The smallest absolute Gasteiger partial charge is 0.387 e. The van der Waals surface area contributed by atoms with E-state index >= 15 is 0 Å². The minimum Gasteiger partial charge on any atom is -0.484 e. The lowest BCUT2D eigenvalue weighted by Crippen LogP contribution is -2.21. The fourth-order valence-corrected chi connectivity index (χ4v) is 1.78. The Morgan fingerprint density at radius 3 is 2.70 bits per heavy atom. The van der Waals surface area contributed by atoms with Crippen LogP contribution in [0.15, 0.2) is 48.5 Å². The van der Waals surface area contributed by atoms with E-state index in [1.54, 1.807) is 24.3 Å². The Bertz CT molecular complexity index is 691. The van der Waals surface area contributed by atoms with Crippen molar-refractivity contribution < 1.29 is 27.8 Å². The SMILES string of the molecule is O=Cc1cccc(OCC(=O)Nc2ccccc2OC(F)F)c1. The summed E-state index contributed by atoms with van der Waals surface area (Å²) >= 11 is 0. The normalized spacial score (nSPS) is 10.2. The van der Waals surface area contributed by atoms with Gasteiger partial charge in [0.1, 0.15) is 17.8 Å². The number of alkyl halides is 2. The first-order chi connectivity index (χ1) is 11.1. The van der Waals surface area contributed by atoms with Gasteiger partial charge in [0.25, 0.3) is 5.91 Å². The molecule has 2 rings (SSSR count). The molecule has 1 N–H and O–H groups in total. The molecule has 0 aromatic heterocycles. The third-order valence-electron chi connectivity index (χ3n) is 2.74. The first-order valence-corrected chi connectivity index (χ1v) is 6.60. The Morgan fingerprint density at radius 2 is 1.96 bits per heavy atom. The van der Waals surface area contributed by atoms with Crippen molar-refractivity contribution in [3.8, 4) is 11.5 Å². The van der Waals surface area contributed by atoms with Crippen LogP contribution in [0, 0.1) is 0 Å². The lowest BCUT2D eigenvalue weighted by atomic mass is 10.2. The lowest BCUT2D eigenvalue weighted by Gasteiger charge is -2.12. The number of carbonyl (C=O) groups is 2. The van der Waals surface area contributed by atoms with Gasteiger partial charge in [-0.25, -0.2) is 0 Å². The molecule has 0 spiro atoms. The van der Waals surface area contributed by atoms with Gasteiger partial charge in [0.15, 0.2) is 6.61 Å². The number of benzene rings is 2. The van der Waals surface area contributed by atoms with Crippen LogP contribution < -0.4 is 14.8 Å². The van der Waals surface area contributed by atoms with E-state index in [0.29, 0.717) is 17.6 Å². The number of amides is 1. The van der Waals surface area contributed by atoms with Crippen molar-refractivity contribution in [1.29, 1.82) is 0 Å². The average molecular weight is 321 g/mol. The van der Waals surface area contributed by atoms with E-state index in [4.69, 9.17) is 4.74 Å². The van der Waals surface area contributed by atoms with Gasteiger partial charge in [0.05, 0.1) is 5.69 Å². The summed E-state index contributed by atoms with van der Waals surface area (Å²) in [5.74, 6) is -0.340. The summed E-state index contributed by atoms with van der Waals surface area (Å²) in [6, 6.07) is 12.1. The number of rotatable bonds is 7. The molecule has 23 heavy (non-hydrogen) atoms. The second-order valence-electron chi connectivity index (χ2n) is 4.40. The number of halogens is 2. The first-order valence-electron chi connectivity index (χ1n) is 6.60. The van der Waals surface area contributed by atoms with Crippen LogP contribution >= 0.6 is 0 Å². The third kappa shape index (κ3) is 5.06.